The molecule has 1 fully saturated rings. The summed E-state index contributed by atoms with van der Waals surface area (Å²) in [6.07, 6.45) is 3.69. The van der Waals surface area contributed by atoms with Gasteiger partial charge >= 0.3 is 0 Å². The topological polar surface area (TPSA) is 20.3 Å². The van der Waals surface area contributed by atoms with E-state index < -0.39 is 0 Å². The third-order valence-electron chi connectivity index (χ3n) is 4.84. The average Bonchev–Trinajstić information content (AvgIpc) is 3.09. The Balaban J connectivity index is 1.37. The molecule has 0 N–H and O–H groups in total. The minimum absolute atomic E-state index is 0.110. The van der Waals surface area contributed by atoms with Crippen molar-refractivity contribution in [2.24, 2.45) is 0 Å². The molecular weight excluding hydrogens is 301 g/mol. The van der Waals surface area contributed by atoms with Gasteiger partial charge in [0.15, 0.2) is 5.78 Å². The molecule has 1 unspecified atom stereocenters. The largest absolute Gasteiger partial charge is 0.303 e. The molecule has 1 atom stereocenters. The Morgan fingerprint density at radius 3 is 2.54 bits per heavy atom. The lowest BCUT2D eigenvalue weighted by atomic mass is 9.99. The molecule has 0 spiro atoms. The van der Waals surface area contributed by atoms with Gasteiger partial charge in [0, 0.05) is 18.5 Å². The van der Waals surface area contributed by atoms with Crippen LogP contribution >= 0.6 is 0 Å². The third-order valence-corrected chi connectivity index (χ3v) is 4.84. The van der Waals surface area contributed by atoms with E-state index in [4.69, 9.17) is 0 Å². The summed E-state index contributed by atoms with van der Waals surface area (Å²) in [4.78, 5) is 14.6. The standard InChI is InChI=1S/C21H24FNO/c22-20-11-9-18(10-12-20)21(24)8-4-5-14-23-15-13-19(16-23)17-6-2-1-3-7-17/h1-3,6-7,9-12,19H,4-5,8,13-16H2. The van der Waals surface area contributed by atoms with Gasteiger partial charge in [0.05, 0.1) is 0 Å². The maximum Gasteiger partial charge on any atom is 0.162 e. The number of ketones is 1. The molecule has 1 heterocycles. The molecule has 0 radical (unpaired) electrons. The van der Waals surface area contributed by atoms with Gasteiger partial charge in [0.1, 0.15) is 5.82 Å². The fraction of sp³-hybridized carbons (Fsp3) is 0.381. The van der Waals surface area contributed by atoms with E-state index >= 15 is 0 Å². The fourth-order valence-corrected chi connectivity index (χ4v) is 3.43. The fourth-order valence-electron chi connectivity index (χ4n) is 3.43. The zero-order valence-corrected chi connectivity index (χ0v) is 14.0. The quantitative estimate of drug-likeness (QED) is 0.545. The maximum absolute atomic E-state index is 12.9. The van der Waals surface area contributed by atoms with E-state index in [0.717, 1.165) is 32.5 Å². The molecule has 1 aliphatic heterocycles. The van der Waals surface area contributed by atoms with Crippen molar-refractivity contribution in [3.63, 3.8) is 0 Å². The summed E-state index contributed by atoms with van der Waals surface area (Å²) >= 11 is 0. The van der Waals surface area contributed by atoms with Crippen LogP contribution < -0.4 is 0 Å². The Bertz CT molecular complexity index is 653. The summed E-state index contributed by atoms with van der Waals surface area (Å²) in [6, 6.07) is 16.6. The molecule has 1 aliphatic rings. The Morgan fingerprint density at radius 2 is 1.79 bits per heavy atom. The number of rotatable bonds is 7. The molecular formula is C21H24FNO. The van der Waals surface area contributed by atoms with E-state index in [1.807, 2.05) is 0 Å². The van der Waals surface area contributed by atoms with Crippen molar-refractivity contribution >= 4 is 5.78 Å². The van der Waals surface area contributed by atoms with Gasteiger partial charge in [-0.2, -0.15) is 0 Å². The first-order valence-electron chi connectivity index (χ1n) is 8.78. The lowest BCUT2D eigenvalue weighted by Gasteiger charge is -2.16. The van der Waals surface area contributed by atoms with Gasteiger partial charge in [-0.3, -0.25) is 4.79 Å². The number of halogens is 1. The van der Waals surface area contributed by atoms with Crippen LogP contribution in [-0.2, 0) is 0 Å². The summed E-state index contributed by atoms with van der Waals surface area (Å²) in [7, 11) is 0. The molecule has 1 saturated heterocycles. The predicted molar refractivity (Wildman–Crippen MR) is 94.8 cm³/mol. The van der Waals surface area contributed by atoms with Crippen LogP contribution in [0.2, 0.25) is 0 Å². The van der Waals surface area contributed by atoms with Crippen molar-refractivity contribution in [1.29, 1.82) is 0 Å². The average molecular weight is 325 g/mol. The van der Waals surface area contributed by atoms with Gasteiger partial charge in [-0.25, -0.2) is 4.39 Å². The van der Waals surface area contributed by atoms with Crippen LogP contribution in [0, 0.1) is 5.82 Å². The third kappa shape index (κ3) is 4.51. The van der Waals surface area contributed by atoms with E-state index in [1.54, 1.807) is 12.1 Å². The number of likely N-dealkylation sites (tertiary alicyclic amines) is 1. The molecule has 126 valence electrons. The maximum atomic E-state index is 12.9. The highest BCUT2D eigenvalue weighted by Gasteiger charge is 2.23. The van der Waals surface area contributed by atoms with E-state index in [-0.39, 0.29) is 11.6 Å². The number of benzene rings is 2. The van der Waals surface area contributed by atoms with E-state index in [1.165, 1.54) is 24.1 Å². The van der Waals surface area contributed by atoms with Crippen LogP contribution in [0.3, 0.4) is 0 Å². The molecule has 24 heavy (non-hydrogen) atoms. The normalized spacial score (nSPS) is 18.0. The number of hydrogen-bond acceptors (Lipinski definition) is 2. The molecule has 0 bridgehead atoms. The second-order valence-electron chi connectivity index (χ2n) is 6.58. The Kier molecular flexibility index (Phi) is 5.76. The highest BCUT2D eigenvalue weighted by atomic mass is 19.1. The van der Waals surface area contributed by atoms with E-state index in [9.17, 15) is 9.18 Å². The van der Waals surface area contributed by atoms with Gasteiger partial charge < -0.3 is 4.90 Å². The number of carbonyl (C=O) groups is 1. The van der Waals surface area contributed by atoms with Crippen molar-refractivity contribution in [2.75, 3.05) is 19.6 Å². The van der Waals surface area contributed by atoms with Crippen molar-refractivity contribution in [3.05, 3.63) is 71.5 Å². The Hall–Kier alpha value is -2.00. The van der Waals surface area contributed by atoms with Crippen LogP contribution in [-0.4, -0.2) is 30.3 Å². The van der Waals surface area contributed by atoms with Crippen molar-refractivity contribution in [2.45, 2.75) is 31.6 Å². The smallest absolute Gasteiger partial charge is 0.162 e. The number of Topliss-reactive ketones (excluding diaryl/α,β-unsaturated/α-hetero) is 1. The monoisotopic (exact) mass is 325 g/mol. The zero-order valence-electron chi connectivity index (χ0n) is 14.0. The summed E-state index contributed by atoms with van der Waals surface area (Å²) in [6.45, 7) is 3.32. The number of nitrogens with zero attached hydrogens (tertiary/aromatic N) is 1. The number of carbonyl (C=O) groups excluding carboxylic acids is 1. The van der Waals surface area contributed by atoms with Gasteiger partial charge in [-0.1, -0.05) is 30.3 Å². The van der Waals surface area contributed by atoms with Crippen LogP contribution in [0.15, 0.2) is 54.6 Å². The molecule has 2 aromatic carbocycles. The Morgan fingerprint density at radius 1 is 1.04 bits per heavy atom. The van der Waals surface area contributed by atoms with Crippen LogP contribution in [0.25, 0.3) is 0 Å². The number of unbranched alkanes of at least 4 members (excludes halogenated alkanes) is 1. The molecule has 0 aromatic heterocycles. The molecule has 0 saturated carbocycles. The van der Waals surface area contributed by atoms with Crippen LogP contribution in [0.1, 0.15) is 47.5 Å². The van der Waals surface area contributed by atoms with Crippen LogP contribution in [0.5, 0.6) is 0 Å². The second kappa shape index (κ2) is 8.20. The lowest BCUT2D eigenvalue weighted by Crippen LogP contribution is -2.21. The van der Waals surface area contributed by atoms with Crippen molar-refractivity contribution in [1.82, 2.24) is 4.90 Å². The Labute approximate surface area is 143 Å². The molecule has 0 aliphatic carbocycles. The highest BCUT2D eigenvalue weighted by Crippen LogP contribution is 2.27. The SMILES string of the molecule is O=C(CCCCN1CCC(c2ccccc2)C1)c1ccc(F)cc1. The summed E-state index contributed by atoms with van der Waals surface area (Å²) in [5, 5.41) is 0. The van der Waals surface area contributed by atoms with Gasteiger partial charge in [0.25, 0.3) is 0 Å². The molecule has 3 rings (SSSR count). The second-order valence-corrected chi connectivity index (χ2v) is 6.58. The minimum atomic E-state index is -0.298. The molecule has 0 amide bonds. The highest BCUT2D eigenvalue weighted by molar-refractivity contribution is 5.95. The van der Waals surface area contributed by atoms with E-state index in [2.05, 4.69) is 35.2 Å². The molecule has 2 aromatic rings. The van der Waals surface area contributed by atoms with Crippen molar-refractivity contribution < 1.29 is 9.18 Å². The molecule has 2 nitrogen and oxygen atoms in total. The summed E-state index contributed by atoms with van der Waals surface area (Å²) < 4.78 is 12.9. The van der Waals surface area contributed by atoms with Gasteiger partial charge in [-0.05, 0) is 68.1 Å². The first-order chi connectivity index (χ1) is 11.7. The van der Waals surface area contributed by atoms with E-state index in [0.29, 0.717) is 17.9 Å². The molecule has 3 heteroatoms. The predicted octanol–water partition coefficient (Wildman–Crippen LogP) is 4.67. The summed E-state index contributed by atoms with van der Waals surface area (Å²) in [5.74, 6) is 0.458. The minimum Gasteiger partial charge on any atom is -0.303 e. The summed E-state index contributed by atoms with van der Waals surface area (Å²) in [5.41, 5.74) is 2.05. The first-order valence-corrected chi connectivity index (χ1v) is 8.78. The lowest BCUT2D eigenvalue weighted by molar-refractivity contribution is 0.0978. The zero-order chi connectivity index (χ0) is 16.8. The van der Waals surface area contributed by atoms with Gasteiger partial charge in [-0.15, -0.1) is 0 Å². The van der Waals surface area contributed by atoms with Gasteiger partial charge in [0.2, 0.25) is 0 Å². The van der Waals surface area contributed by atoms with Crippen LogP contribution in [0.4, 0.5) is 4.39 Å². The van der Waals surface area contributed by atoms with Crippen molar-refractivity contribution in [3.8, 4) is 0 Å². The first kappa shape index (κ1) is 16.8. The number of hydrogen-bond donors (Lipinski definition) is 0.